The minimum absolute atomic E-state index is 0.325. The van der Waals surface area contributed by atoms with E-state index in [1.165, 1.54) is 18.4 Å². The summed E-state index contributed by atoms with van der Waals surface area (Å²) in [4.78, 5) is 0. The standard InChI is InChI=1S/C15H23N/c1-12(2)11-14-15(3,9-10-16-14)13-7-5-4-6-8-13/h4-8,12,14,16H,9-11H2,1-3H3. The van der Waals surface area contributed by atoms with E-state index in [0.29, 0.717) is 11.5 Å². The first-order valence-electron chi connectivity index (χ1n) is 6.42. The van der Waals surface area contributed by atoms with Crippen molar-refractivity contribution in [1.29, 1.82) is 0 Å². The predicted molar refractivity (Wildman–Crippen MR) is 69.7 cm³/mol. The maximum atomic E-state index is 3.68. The lowest BCUT2D eigenvalue weighted by molar-refractivity contribution is 0.344. The molecule has 0 amide bonds. The van der Waals surface area contributed by atoms with Gasteiger partial charge in [-0.25, -0.2) is 0 Å². The zero-order valence-electron chi connectivity index (χ0n) is 10.7. The van der Waals surface area contributed by atoms with Crippen LogP contribution >= 0.6 is 0 Å². The average Bonchev–Trinajstić information content (AvgIpc) is 2.62. The third kappa shape index (κ3) is 2.15. The van der Waals surface area contributed by atoms with E-state index in [-0.39, 0.29) is 0 Å². The van der Waals surface area contributed by atoms with Crippen LogP contribution in [-0.4, -0.2) is 12.6 Å². The Balaban J connectivity index is 2.23. The van der Waals surface area contributed by atoms with Crippen molar-refractivity contribution in [3.05, 3.63) is 35.9 Å². The number of benzene rings is 1. The van der Waals surface area contributed by atoms with Gasteiger partial charge in [0.1, 0.15) is 0 Å². The number of hydrogen-bond donors (Lipinski definition) is 1. The van der Waals surface area contributed by atoms with Crippen LogP contribution in [0.15, 0.2) is 30.3 Å². The second kappa shape index (κ2) is 4.58. The highest BCUT2D eigenvalue weighted by Crippen LogP contribution is 2.37. The molecule has 0 spiro atoms. The number of nitrogens with one attached hydrogen (secondary N) is 1. The van der Waals surface area contributed by atoms with Crippen molar-refractivity contribution < 1.29 is 0 Å². The second-order valence-electron chi connectivity index (χ2n) is 5.67. The van der Waals surface area contributed by atoms with Gasteiger partial charge in [-0.1, -0.05) is 51.1 Å². The summed E-state index contributed by atoms with van der Waals surface area (Å²) in [5, 5.41) is 3.68. The topological polar surface area (TPSA) is 12.0 Å². The Morgan fingerprint density at radius 3 is 2.62 bits per heavy atom. The molecule has 1 nitrogen and oxygen atoms in total. The smallest absolute Gasteiger partial charge is 0.0164 e. The summed E-state index contributed by atoms with van der Waals surface area (Å²) >= 11 is 0. The van der Waals surface area contributed by atoms with Crippen LogP contribution in [0.3, 0.4) is 0 Å². The minimum Gasteiger partial charge on any atom is -0.313 e. The van der Waals surface area contributed by atoms with Crippen LogP contribution in [0.4, 0.5) is 0 Å². The van der Waals surface area contributed by atoms with Gasteiger partial charge >= 0.3 is 0 Å². The molecule has 0 bridgehead atoms. The minimum atomic E-state index is 0.325. The molecule has 1 aliphatic heterocycles. The molecule has 0 aliphatic carbocycles. The van der Waals surface area contributed by atoms with Crippen LogP contribution < -0.4 is 5.32 Å². The highest BCUT2D eigenvalue weighted by molar-refractivity contribution is 5.28. The van der Waals surface area contributed by atoms with Gasteiger partial charge in [-0.15, -0.1) is 0 Å². The molecule has 0 aromatic heterocycles. The van der Waals surface area contributed by atoms with Crippen LogP contribution in [0.5, 0.6) is 0 Å². The quantitative estimate of drug-likeness (QED) is 0.818. The lowest BCUT2D eigenvalue weighted by Crippen LogP contribution is -2.38. The summed E-state index contributed by atoms with van der Waals surface area (Å²) in [5.74, 6) is 0.763. The predicted octanol–water partition coefficient (Wildman–Crippen LogP) is 3.35. The molecule has 88 valence electrons. The maximum Gasteiger partial charge on any atom is 0.0164 e. The summed E-state index contributed by atoms with van der Waals surface area (Å²) in [5.41, 5.74) is 1.82. The van der Waals surface area contributed by atoms with Gasteiger partial charge in [-0.05, 0) is 30.9 Å². The molecule has 0 saturated carbocycles. The van der Waals surface area contributed by atoms with Gasteiger partial charge in [0, 0.05) is 11.5 Å². The molecule has 16 heavy (non-hydrogen) atoms. The van der Waals surface area contributed by atoms with Crippen LogP contribution in [0, 0.1) is 5.92 Å². The van der Waals surface area contributed by atoms with Gasteiger partial charge in [0.2, 0.25) is 0 Å². The molecule has 1 N–H and O–H groups in total. The van der Waals surface area contributed by atoms with E-state index in [1.54, 1.807) is 0 Å². The van der Waals surface area contributed by atoms with E-state index in [1.807, 2.05) is 0 Å². The summed E-state index contributed by atoms with van der Waals surface area (Å²) in [7, 11) is 0. The first-order valence-corrected chi connectivity index (χ1v) is 6.42. The molecule has 1 aliphatic rings. The van der Waals surface area contributed by atoms with Crippen molar-refractivity contribution in [3.63, 3.8) is 0 Å². The maximum absolute atomic E-state index is 3.68. The van der Waals surface area contributed by atoms with E-state index in [0.717, 1.165) is 12.5 Å². The fraction of sp³-hybridized carbons (Fsp3) is 0.600. The number of rotatable bonds is 3. The summed E-state index contributed by atoms with van der Waals surface area (Å²) < 4.78 is 0. The SMILES string of the molecule is CC(C)CC1NCCC1(C)c1ccccc1. The van der Waals surface area contributed by atoms with Crippen molar-refractivity contribution in [2.24, 2.45) is 5.92 Å². The van der Waals surface area contributed by atoms with Crippen molar-refractivity contribution in [3.8, 4) is 0 Å². The highest BCUT2D eigenvalue weighted by atomic mass is 15.0. The lowest BCUT2D eigenvalue weighted by Gasteiger charge is -2.33. The molecule has 1 fully saturated rings. The van der Waals surface area contributed by atoms with Crippen LogP contribution in [0.25, 0.3) is 0 Å². The Morgan fingerprint density at radius 2 is 2.00 bits per heavy atom. The molecule has 1 heterocycles. The Bertz CT molecular complexity index is 331. The first kappa shape index (κ1) is 11.7. The monoisotopic (exact) mass is 217 g/mol. The normalized spacial score (nSPS) is 29.9. The van der Waals surface area contributed by atoms with Crippen molar-refractivity contribution >= 4 is 0 Å². The van der Waals surface area contributed by atoms with Crippen LogP contribution in [0.2, 0.25) is 0 Å². The molecule has 2 atom stereocenters. The molecular weight excluding hydrogens is 194 g/mol. The van der Waals surface area contributed by atoms with E-state index < -0.39 is 0 Å². The molecule has 1 aromatic rings. The molecule has 1 saturated heterocycles. The second-order valence-corrected chi connectivity index (χ2v) is 5.67. The van der Waals surface area contributed by atoms with Crippen molar-refractivity contribution in [2.45, 2.75) is 45.1 Å². The Morgan fingerprint density at radius 1 is 1.31 bits per heavy atom. The molecule has 0 radical (unpaired) electrons. The van der Waals surface area contributed by atoms with Crippen molar-refractivity contribution in [2.75, 3.05) is 6.54 Å². The zero-order chi connectivity index (χ0) is 11.6. The highest BCUT2D eigenvalue weighted by Gasteiger charge is 2.39. The van der Waals surface area contributed by atoms with E-state index in [4.69, 9.17) is 0 Å². The third-order valence-electron chi connectivity index (χ3n) is 3.94. The third-order valence-corrected chi connectivity index (χ3v) is 3.94. The van der Waals surface area contributed by atoms with Gasteiger partial charge in [0.25, 0.3) is 0 Å². The van der Waals surface area contributed by atoms with Crippen molar-refractivity contribution in [1.82, 2.24) is 5.32 Å². The van der Waals surface area contributed by atoms with Gasteiger partial charge in [-0.3, -0.25) is 0 Å². The first-order chi connectivity index (χ1) is 7.63. The molecule has 1 heteroatoms. The lowest BCUT2D eigenvalue weighted by atomic mass is 9.74. The molecule has 2 unspecified atom stereocenters. The Kier molecular flexibility index (Phi) is 3.34. The largest absolute Gasteiger partial charge is 0.313 e. The molecule has 2 rings (SSSR count). The fourth-order valence-electron chi connectivity index (χ4n) is 2.88. The fourth-order valence-corrected chi connectivity index (χ4v) is 2.88. The van der Waals surface area contributed by atoms with Gasteiger partial charge < -0.3 is 5.32 Å². The van der Waals surface area contributed by atoms with E-state index in [2.05, 4.69) is 56.4 Å². The number of hydrogen-bond acceptors (Lipinski definition) is 1. The van der Waals surface area contributed by atoms with E-state index >= 15 is 0 Å². The Hall–Kier alpha value is -0.820. The summed E-state index contributed by atoms with van der Waals surface area (Å²) in [6.45, 7) is 8.19. The van der Waals surface area contributed by atoms with Gasteiger partial charge in [0.15, 0.2) is 0 Å². The van der Waals surface area contributed by atoms with Crippen LogP contribution in [0.1, 0.15) is 39.2 Å². The van der Waals surface area contributed by atoms with Crippen LogP contribution in [-0.2, 0) is 5.41 Å². The van der Waals surface area contributed by atoms with Gasteiger partial charge in [0.05, 0.1) is 0 Å². The summed E-state index contributed by atoms with van der Waals surface area (Å²) in [6.07, 6.45) is 2.53. The Labute approximate surface area is 99.3 Å². The molecule has 1 aromatic carbocycles. The zero-order valence-corrected chi connectivity index (χ0v) is 10.7. The average molecular weight is 217 g/mol. The van der Waals surface area contributed by atoms with Gasteiger partial charge in [-0.2, -0.15) is 0 Å². The van der Waals surface area contributed by atoms with E-state index in [9.17, 15) is 0 Å². The molecular formula is C15H23N. The summed E-state index contributed by atoms with van der Waals surface area (Å²) in [6, 6.07) is 11.6.